The molecule has 0 N–H and O–H groups in total. The minimum atomic E-state index is -0.379. The number of morpholine rings is 1. The van der Waals surface area contributed by atoms with Gasteiger partial charge in [0.2, 0.25) is 5.91 Å². The molecular weight excluding hydrogens is 272 g/mol. The van der Waals surface area contributed by atoms with Crippen LogP contribution in [-0.2, 0) is 19.1 Å². The molecule has 3 aliphatic rings. The summed E-state index contributed by atoms with van der Waals surface area (Å²) in [5.41, 5.74) is -0.379. The van der Waals surface area contributed by atoms with Crippen molar-refractivity contribution in [1.82, 2.24) is 9.80 Å². The van der Waals surface area contributed by atoms with Crippen molar-refractivity contribution in [3.8, 4) is 0 Å². The summed E-state index contributed by atoms with van der Waals surface area (Å²) in [5, 5.41) is 0. The summed E-state index contributed by atoms with van der Waals surface area (Å²) in [7, 11) is 0. The van der Waals surface area contributed by atoms with Crippen molar-refractivity contribution in [1.29, 1.82) is 0 Å². The highest BCUT2D eigenvalue weighted by molar-refractivity contribution is 5.81. The van der Waals surface area contributed by atoms with Gasteiger partial charge >= 0.3 is 0 Å². The van der Waals surface area contributed by atoms with E-state index in [1.807, 2.05) is 9.80 Å². The third-order valence-corrected chi connectivity index (χ3v) is 4.75. The smallest absolute Gasteiger partial charge is 0.251 e. The molecule has 0 unspecified atom stereocenters. The molecule has 2 amide bonds. The van der Waals surface area contributed by atoms with Crippen LogP contribution in [0, 0.1) is 0 Å². The van der Waals surface area contributed by atoms with Crippen LogP contribution in [-0.4, -0.2) is 72.7 Å². The van der Waals surface area contributed by atoms with Gasteiger partial charge in [0.1, 0.15) is 11.7 Å². The monoisotopic (exact) mass is 296 g/mol. The lowest BCUT2D eigenvalue weighted by atomic mass is 9.90. The van der Waals surface area contributed by atoms with Crippen LogP contribution in [0.4, 0.5) is 0 Å². The molecule has 0 radical (unpaired) electrons. The molecule has 2 atom stereocenters. The second-order valence-corrected chi connectivity index (χ2v) is 6.34. The molecule has 6 heteroatoms. The predicted octanol–water partition coefficient (Wildman–Crippen LogP) is 0.405. The molecule has 3 fully saturated rings. The van der Waals surface area contributed by atoms with Crippen LogP contribution >= 0.6 is 0 Å². The number of nitrogens with zero attached hydrogens (tertiary/aromatic N) is 2. The van der Waals surface area contributed by atoms with E-state index in [2.05, 4.69) is 0 Å². The Balaban J connectivity index is 1.67. The maximum atomic E-state index is 12.5. The maximum absolute atomic E-state index is 12.5. The van der Waals surface area contributed by atoms with E-state index in [1.54, 1.807) is 6.92 Å². The lowest BCUT2D eigenvalue weighted by Crippen LogP contribution is -2.62. The Morgan fingerprint density at radius 1 is 1.10 bits per heavy atom. The first kappa shape index (κ1) is 14.8. The molecule has 0 aromatic carbocycles. The van der Waals surface area contributed by atoms with Crippen molar-refractivity contribution in [3.05, 3.63) is 0 Å². The van der Waals surface area contributed by atoms with Gasteiger partial charge in [-0.15, -0.1) is 0 Å². The Bertz CT molecular complexity index is 418. The summed E-state index contributed by atoms with van der Waals surface area (Å²) >= 11 is 0. The average Bonchev–Trinajstić information content (AvgIpc) is 3.00. The van der Waals surface area contributed by atoms with Crippen LogP contribution in [0.15, 0.2) is 0 Å². The molecule has 6 nitrogen and oxygen atoms in total. The maximum Gasteiger partial charge on any atom is 0.251 e. The molecule has 0 saturated carbocycles. The SMILES string of the molecule is CC(=O)N1CCC[C@]2(C1)CN(C(=O)[C@H]1CCCO1)CCO2. The Kier molecular flexibility index (Phi) is 4.17. The number of amides is 2. The topological polar surface area (TPSA) is 59.1 Å². The van der Waals surface area contributed by atoms with Crippen LogP contribution < -0.4 is 0 Å². The normalized spacial score (nSPS) is 33.5. The molecule has 3 aliphatic heterocycles. The lowest BCUT2D eigenvalue weighted by molar-refractivity contribution is -0.170. The molecule has 0 aromatic heterocycles. The largest absolute Gasteiger partial charge is 0.369 e. The van der Waals surface area contributed by atoms with Gasteiger partial charge in [0.05, 0.1) is 19.7 Å². The van der Waals surface area contributed by atoms with E-state index >= 15 is 0 Å². The fourth-order valence-corrected chi connectivity index (χ4v) is 3.62. The second-order valence-electron chi connectivity index (χ2n) is 6.34. The van der Waals surface area contributed by atoms with Crippen LogP contribution in [0.2, 0.25) is 0 Å². The Hall–Kier alpha value is -1.14. The van der Waals surface area contributed by atoms with Gasteiger partial charge in [0, 0.05) is 26.6 Å². The number of ether oxygens (including phenoxy) is 2. The van der Waals surface area contributed by atoms with Crippen molar-refractivity contribution < 1.29 is 19.1 Å². The van der Waals surface area contributed by atoms with Crippen molar-refractivity contribution >= 4 is 11.8 Å². The standard InChI is InChI=1S/C15H24N2O4/c1-12(18)16-6-3-5-15(10-16)11-17(7-9-21-15)14(19)13-4-2-8-20-13/h13H,2-11H2,1H3/t13-,15+/m1/s1. The Labute approximate surface area is 125 Å². The van der Waals surface area contributed by atoms with Gasteiger partial charge < -0.3 is 19.3 Å². The molecule has 3 rings (SSSR count). The predicted molar refractivity (Wildman–Crippen MR) is 75.7 cm³/mol. The zero-order valence-corrected chi connectivity index (χ0v) is 12.7. The quantitative estimate of drug-likeness (QED) is 0.703. The zero-order valence-electron chi connectivity index (χ0n) is 12.7. The molecule has 0 bridgehead atoms. The third kappa shape index (κ3) is 3.06. The van der Waals surface area contributed by atoms with Crippen LogP contribution in [0.5, 0.6) is 0 Å². The van der Waals surface area contributed by atoms with E-state index in [9.17, 15) is 9.59 Å². The van der Waals surface area contributed by atoms with Crippen LogP contribution in [0.1, 0.15) is 32.6 Å². The molecule has 3 saturated heterocycles. The summed E-state index contributed by atoms with van der Waals surface area (Å²) in [6.07, 6.45) is 3.35. The summed E-state index contributed by atoms with van der Waals surface area (Å²) in [6, 6.07) is 0. The zero-order chi connectivity index (χ0) is 14.9. The fraction of sp³-hybridized carbons (Fsp3) is 0.867. The average molecular weight is 296 g/mol. The molecule has 0 aliphatic carbocycles. The number of hydrogen-bond acceptors (Lipinski definition) is 4. The highest BCUT2D eigenvalue weighted by Gasteiger charge is 2.43. The van der Waals surface area contributed by atoms with Crippen molar-refractivity contribution in [2.75, 3.05) is 39.4 Å². The summed E-state index contributed by atoms with van der Waals surface area (Å²) in [5.74, 6) is 0.176. The number of likely N-dealkylation sites (tertiary alicyclic amines) is 1. The molecule has 1 spiro atoms. The van der Waals surface area contributed by atoms with Gasteiger partial charge in [-0.05, 0) is 25.7 Å². The fourth-order valence-electron chi connectivity index (χ4n) is 3.62. The first-order valence-electron chi connectivity index (χ1n) is 7.90. The number of carbonyl (C=O) groups excluding carboxylic acids is 2. The summed E-state index contributed by atoms with van der Waals surface area (Å²) in [6.45, 7) is 5.42. The Morgan fingerprint density at radius 3 is 2.62 bits per heavy atom. The number of hydrogen-bond donors (Lipinski definition) is 0. The number of rotatable bonds is 1. The van der Waals surface area contributed by atoms with Crippen molar-refractivity contribution in [2.24, 2.45) is 0 Å². The molecule has 3 heterocycles. The second kappa shape index (κ2) is 5.93. The number of piperidine rings is 1. The highest BCUT2D eigenvalue weighted by Crippen LogP contribution is 2.30. The van der Waals surface area contributed by atoms with Crippen LogP contribution in [0.3, 0.4) is 0 Å². The van der Waals surface area contributed by atoms with E-state index in [4.69, 9.17) is 9.47 Å². The van der Waals surface area contributed by atoms with Crippen molar-refractivity contribution in [2.45, 2.75) is 44.3 Å². The Morgan fingerprint density at radius 2 is 1.90 bits per heavy atom. The van der Waals surface area contributed by atoms with Crippen LogP contribution in [0.25, 0.3) is 0 Å². The molecule has 0 aromatic rings. The third-order valence-electron chi connectivity index (χ3n) is 4.75. The van der Waals surface area contributed by atoms with Gasteiger partial charge in [-0.2, -0.15) is 0 Å². The van der Waals surface area contributed by atoms with E-state index in [0.29, 0.717) is 32.8 Å². The molecular formula is C15H24N2O4. The number of carbonyl (C=O) groups is 2. The minimum Gasteiger partial charge on any atom is -0.369 e. The van der Waals surface area contributed by atoms with E-state index in [1.165, 1.54) is 0 Å². The van der Waals surface area contributed by atoms with Crippen molar-refractivity contribution in [3.63, 3.8) is 0 Å². The van der Waals surface area contributed by atoms with Gasteiger partial charge in [0.15, 0.2) is 0 Å². The minimum absolute atomic E-state index is 0.0836. The van der Waals surface area contributed by atoms with E-state index < -0.39 is 0 Å². The van der Waals surface area contributed by atoms with E-state index in [-0.39, 0.29) is 23.5 Å². The molecule has 21 heavy (non-hydrogen) atoms. The van der Waals surface area contributed by atoms with Gasteiger partial charge in [-0.1, -0.05) is 0 Å². The molecule has 118 valence electrons. The lowest BCUT2D eigenvalue weighted by Gasteiger charge is -2.48. The highest BCUT2D eigenvalue weighted by atomic mass is 16.5. The first-order valence-corrected chi connectivity index (χ1v) is 7.90. The van der Waals surface area contributed by atoms with Gasteiger partial charge in [-0.3, -0.25) is 9.59 Å². The summed E-state index contributed by atoms with van der Waals surface area (Å²) in [4.78, 5) is 27.8. The van der Waals surface area contributed by atoms with E-state index in [0.717, 1.165) is 32.2 Å². The summed E-state index contributed by atoms with van der Waals surface area (Å²) < 4.78 is 11.5. The van der Waals surface area contributed by atoms with Gasteiger partial charge in [-0.25, -0.2) is 0 Å². The first-order chi connectivity index (χ1) is 10.1. The van der Waals surface area contributed by atoms with Gasteiger partial charge in [0.25, 0.3) is 5.91 Å².